The third kappa shape index (κ3) is 3.33. The summed E-state index contributed by atoms with van der Waals surface area (Å²) in [5.74, 6) is 2.49. The molecular weight excluding hydrogens is 252 g/mol. The van der Waals surface area contributed by atoms with E-state index < -0.39 is 0 Å². The van der Waals surface area contributed by atoms with Crippen LogP contribution in [0.5, 0.6) is 0 Å². The SMILES string of the molecule is CCNC(c1cccc(C)c1C)C1CSCCN1C. The van der Waals surface area contributed by atoms with Gasteiger partial charge in [-0.2, -0.15) is 11.8 Å². The fourth-order valence-corrected chi connectivity index (χ4v) is 4.11. The smallest absolute Gasteiger partial charge is 0.0488 e. The van der Waals surface area contributed by atoms with Gasteiger partial charge >= 0.3 is 0 Å². The van der Waals surface area contributed by atoms with E-state index in [9.17, 15) is 0 Å². The van der Waals surface area contributed by atoms with Crippen LogP contribution < -0.4 is 5.32 Å². The van der Waals surface area contributed by atoms with Crippen LogP contribution in [0.15, 0.2) is 18.2 Å². The van der Waals surface area contributed by atoms with Crippen molar-refractivity contribution in [1.82, 2.24) is 10.2 Å². The van der Waals surface area contributed by atoms with Gasteiger partial charge in [0.25, 0.3) is 0 Å². The Morgan fingerprint density at radius 3 is 2.89 bits per heavy atom. The molecule has 1 fully saturated rings. The number of nitrogens with zero attached hydrogens (tertiary/aromatic N) is 1. The highest BCUT2D eigenvalue weighted by molar-refractivity contribution is 7.99. The largest absolute Gasteiger partial charge is 0.309 e. The summed E-state index contributed by atoms with van der Waals surface area (Å²) >= 11 is 2.08. The van der Waals surface area contributed by atoms with Gasteiger partial charge < -0.3 is 5.32 Å². The zero-order valence-corrected chi connectivity index (χ0v) is 13.4. The van der Waals surface area contributed by atoms with Crippen LogP contribution in [0.3, 0.4) is 0 Å². The molecule has 1 aromatic carbocycles. The van der Waals surface area contributed by atoms with Gasteiger partial charge in [0.1, 0.15) is 0 Å². The molecule has 0 aliphatic carbocycles. The van der Waals surface area contributed by atoms with Crippen LogP contribution in [0.2, 0.25) is 0 Å². The van der Waals surface area contributed by atoms with Crippen LogP contribution in [0.1, 0.15) is 29.7 Å². The zero-order chi connectivity index (χ0) is 13.8. The molecule has 106 valence electrons. The molecule has 2 rings (SSSR count). The molecule has 0 radical (unpaired) electrons. The number of likely N-dealkylation sites (N-methyl/N-ethyl adjacent to an activating group) is 2. The van der Waals surface area contributed by atoms with Crippen LogP contribution in [0, 0.1) is 13.8 Å². The molecule has 0 saturated carbocycles. The topological polar surface area (TPSA) is 15.3 Å². The Morgan fingerprint density at radius 2 is 2.21 bits per heavy atom. The van der Waals surface area contributed by atoms with Crippen molar-refractivity contribution < 1.29 is 0 Å². The third-order valence-electron chi connectivity index (χ3n) is 4.23. The molecule has 19 heavy (non-hydrogen) atoms. The first-order chi connectivity index (χ1) is 9.15. The van der Waals surface area contributed by atoms with Gasteiger partial charge in [0.15, 0.2) is 0 Å². The second kappa shape index (κ2) is 6.78. The lowest BCUT2D eigenvalue weighted by Crippen LogP contribution is -2.48. The van der Waals surface area contributed by atoms with Crippen molar-refractivity contribution >= 4 is 11.8 Å². The first kappa shape index (κ1) is 14.9. The first-order valence-electron chi connectivity index (χ1n) is 7.22. The van der Waals surface area contributed by atoms with Gasteiger partial charge in [0.05, 0.1) is 0 Å². The summed E-state index contributed by atoms with van der Waals surface area (Å²) in [5, 5.41) is 3.71. The highest BCUT2D eigenvalue weighted by Gasteiger charge is 2.29. The maximum Gasteiger partial charge on any atom is 0.0488 e. The standard InChI is InChI=1S/C16H26N2S/c1-5-17-16(15-11-19-10-9-18(15)4)14-8-6-7-12(2)13(14)3/h6-8,15-17H,5,9-11H2,1-4H3. The normalized spacial score (nSPS) is 22.4. The number of thioether (sulfide) groups is 1. The Hall–Kier alpha value is -0.510. The van der Waals surface area contributed by atoms with E-state index in [-0.39, 0.29) is 0 Å². The average Bonchev–Trinajstić information content (AvgIpc) is 2.41. The van der Waals surface area contributed by atoms with Gasteiger partial charge in [-0.1, -0.05) is 25.1 Å². The number of hydrogen-bond acceptors (Lipinski definition) is 3. The maximum absolute atomic E-state index is 3.71. The summed E-state index contributed by atoms with van der Waals surface area (Å²) < 4.78 is 0. The molecular formula is C16H26N2S. The van der Waals surface area contributed by atoms with Crippen LogP contribution in [0.4, 0.5) is 0 Å². The third-order valence-corrected chi connectivity index (χ3v) is 5.28. The van der Waals surface area contributed by atoms with E-state index in [0.717, 1.165) is 6.54 Å². The predicted octanol–water partition coefficient (Wildman–Crippen LogP) is 3.00. The molecule has 1 aliphatic heterocycles. The molecule has 1 saturated heterocycles. The molecule has 2 unspecified atom stereocenters. The molecule has 3 heteroatoms. The highest BCUT2D eigenvalue weighted by Crippen LogP contribution is 2.29. The van der Waals surface area contributed by atoms with E-state index in [2.05, 4.69) is 68.0 Å². The molecule has 0 amide bonds. The summed E-state index contributed by atoms with van der Waals surface area (Å²) in [7, 11) is 2.26. The number of nitrogens with one attached hydrogen (secondary N) is 1. The molecule has 0 aromatic heterocycles. The summed E-state index contributed by atoms with van der Waals surface area (Å²) in [6, 6.07) is 7.74. The molecule has 1 N–H and O–H groups in total. The maximum atomic E-state index is 3.71. The molecule has 2 nitrogen and oxygen atoms in total. The number of benzene rings is 1. The first-order valence-corrected chi connectivity index (χ1v) is 8.38. The minimum Gasteiger partial charge on any atom is -0.309 e. The predicted molar refractivity (Wildman–Crippen MR) is 86.1 cm³/mol. The molecule has 0 bridgehead atoms. The van der Waals surface area contributed by atoms with Crippen LogP contribution >= 0.6 is 11.8 Å². The minimum absolute atomic E-state index is 0.447. The fraction of sp³-hybridized carbons (Fsp3) is 0.625. The van der Waals surface area contributed by atoms with Crippen LogP contribution in [-0.4, -0.2) is 42.6 Å². The van der Waals surface area contributed by atoms with Crippen molar-refractivity contribution in [3.05, 3.63) is 34.9 Å². The van der Waals surface area contributed by atoms with Crippen molar-refractivity contribution in [2.24, 2.45) is 0 Å². The van der Waals surface area contributed by atoms with Gasteiger partial charge in [-0.15, -0.1) is 0 Å². The molecule has 0 spiro atoms. The second-order valence-electron chi connectivity index (χ2n) is 5.45. The Kier molecular flexibility index (Phi) is 5.31. The van der Waals surface area contributed by atoms with E-state index in [0.29, 0.717) is 12.1 Å². The Labute approximate surface area is 122 Å². The summed E-state index contributed by atoms with van der Waals surface area (Å²) in [6.45, 7) is 8.88. The molecule has 1 aromatic rings. The van der Waals surface area contributed by atoms with Crippen molar-refractivity contribution in [1.29, 1.82) is 0 Å². The number of aryl methyl sites for hydroxylation is 1. The van der Waals surface area contributed by atoms with Gasteiger partial charge in [-0.25, -0.2) is 0 Å². The average molecular weight is 278 g/mol. The Balaban J connectivity index is 2.30. The van der Waals surface area contributed by atoms with E-state index in [1.54, 1.807) is 0 Å². The van der Waals surface area contributed by atoms with Crippen molar-refractivity contribution in [3.8, 4) is 0 Å². The Morgan fingerprint density at radius 1 is 1.42 bits per heavy atom. The Bertz CT molecular complexity index is 419. The van der Waals surface area contributed by atoms with Gasteiger partial charge in [-0.3, -0.25) is 4.90 Å². The summed E-state index contributed by atoms with van der Waals surface area (Å²) in [4.78, 5) is 2.52. The van der Waals surface area contributed by atoms with E-state index in [1.165, 1.54) is 34.7 Å². The highest BCUT2D eigenvalue weighted by atomic mass is 32.2. The monoisotopic (exact) mass is 278 g/mol. The lowest BCUT2D eigenvalue weighted by atomic mass is 9.92. The van der Waals surface area contributed by atoms with Crippen molar-refractivity contribution in [3.63, 3.8) is 0 Å². The number of rotatable bonds is 4. The van der Waals surface area contributed by atoms with Crippen molar-refractivity contribution in [2.45, 2.75) is 32.9 Å². The summed E-state index contributed by atoms with van der Waals surface area (Å²) in [6.07, 6.45) is 0. The van der Waals surface area contributed by atoms with Crippen LogP contribution in [-0.2, 0) is 0 Å². The number of hydrogen-bond donors (Lipinski definition) is 1. The molecule has 1 aliphatic rings. The van der Waals surface area contributed by atoms with E-state index >= 15 is 0 Å². The van der Waals surface area contributed by atoms with E-state index in [4.69, 9.17) is 0 Å². The quantitative estimate of drug-likeness (QED) is 0.911. The summed E-state index contributed by atoms with van der Waals surface area (Å²) in [5.41, 5.74) is 4.31. The lowest BCUT2D eigenvalue weighted by Gasteiger charge is -2.39. The van der Waals surface area contributed by atoms with Gasteiger partial charge in [0, 0.05) is 30.1 Å². The van der Waals surface area contributed by atoms with Gasteiger partial charge in [0.2, 0.25) is 0 Å². The van der Waals surface area contributed by atoms with E-state index in [1.807, 2.05) is 0 Å². The zero-order valence-electron chi connectivity index (χ0n) is 12.6. The molecule has 1 heterocycles. The second-order valence-corrected chi connectivity index (χ2v) is 6.60. The fourth-order valence-electron chi connectivity index (χ4n) is 2.84. The van der Waals surface area contributed by atoms with Crippen molar-refractivity contribution in [2.75, 3.05) is 31.6 Å². The lowest BCUT2D eigenvalue weighted by molar-refractivity contribution is 0.216. The van der Waals surface area contributed by atoms with Crippen LogP contribution in [0.25, 0.3) is 0 Å². The van der Waals surface area contributed by atoms with Gasteiger partial charge in [-0.05, 0) is 44.1 Å². The molecule has 2 atom stereocenters. The minimum atomic E-state index is 0.447.